The van der Waals surface area contributed by atoms with E-state index < -0.39 is 0 Å². The molecule has 0 unspecified atom stereocenters. The molecular formula is C22H23N3O2S. The number of hydrogen-bond acceptors (Lipinski definition) is 4. The molecule has 0 aliphatic heterocycles. The van der Waals surface area contributed by atoms with Crippen LogP contribution in [0, 0.1) is 12.8 Å². The number of pyridine rings is 1. The van der Waals surface area contributed by atoms with Gasteiger partial charge in [-0.1, -0.05) is 13.0 Å². The van der Waals surface area contributed by atoms with Crippen LogP contribution in [0.25, 0.3) is 10.9 Å². The lowest BCUT2D eigenvalue weighted by atomic mass is 9.88. The lowest BCUT2D eigenvalue weighted by Crippen LogP contribution is -2.22. The number of fused-ring (bicyclic) bond motifs is 2. The van der Waals surface area contributed by atoms with Gasteiger partial charge in [0.2, 0.25) is 0 Å². The molecule has 1 aromatic carbocycles. The van der Waals surface area contributed by atoms with Crippen molar-refractivity contribution in [3.05, 3.63) is 57.6 Å². The zero-order valence-corrected chi connectivity index (χ0v) is 17.1. The first kappa shape index (κ1) is 18.6. The average Bonchev–Trinajstić information content (AvgIpc) is 3.03. The Hall–Kier alpha value is -2.73. The van der Waals surface area contributed by atoms with Gasteiger partial charge >= 0.3 is 0 Å². The molecule has 2 heterocycles. The number of carbonyl (C=O) groups is 2. The van der Waals surface area contributed by atoms with E-state index in [-0.39, 0.29) is 11.8 Å². The monoisotopic (exact) mass is 393 g/mol. The van der Waals surface area contributed by atoms with Crippen molar-refractivity contribution in [3.8, 4) is 0 Å². The molecule has 0 saturated carbocycles. The fraction of sp³-hybridized carbons (Fsp3) is 0.318. The number of benzene rings is 1. The summed E-state index contributed by atoms with van der Waals surface area (Å²) in [7, 11) is 1.63. The Morgan fingerprint density at radius 3 is 2.79 bits per heavy atom. The second kappa shape index (κ2) is 7.36. The van der Waals surface area contributed by atoms with Crippen LogP contribution in [0.1, 0.15) is 50.2 Å². The number of anilines is 1. The van der Waals surface area contributed by atoms with Crippen molar-refractivity contribution in [2.24, 2.45) is 5.92 Å². The molecule has 0 bridgehead atoms. The molecule has 2 aromatic heterocycles. The topological polar surface area (TPSA) is 71.1 Å². The summed E-state index contributed by atoms with van der Waals surface area (Å²) in [6, 6.07) is 9.38. The summed E-state index contributed by atoms with van der Waals surface area (Å²) in [5.41, 5.74) is 4.08. The third-order valence-corrected chi connectivity index (χ3v) is 6.45. The van der Waals surface area contributed by atoms with Gasteiger partial charge in [0, 0.05) is 28.6 Å². The first-order valence-electron chi connectivity index (χ1n) is 9.51. The van der Waals surface area contributed by atoms with E-state index >= 15 is 0 Å². The number of amides is 2. The Balaban J connectivity index is 1.67. The first-order chi connectivity index (χ1) is 13.5. The van der Waals surface area contributed by atoms with Crippen LogP contribution in [-0.4, -0.2) is 23.8 Å². The molecule has 1 atom stereocenters. The summed E-state index contributed by atoms with van der Waals surface area (Å²) < 4.78 is 0. The maximum absolute atomic E-state index is 12.9. The van der Waals surface area contributed by atoms with Gasteiger partial charge in [0.05, 0.1) is 11.1 Å². The fourth-order valence-corrected chi connectivity index (χ4v) is 5.15. The van der Waals surface area contributed by atoms with Crippen molar-refractivity contribution < 1.29 is 9.59 Å². The Bertz CT molecular complexity index is 1090. The normalized spacial score (nSPS) is 15.9. The van der Waals surface area contributed by atoms with Gasteiger partial charge < -0.3 is 10.6 Å². The molecular weight excluding hydrogens is 370 g/mol. The Morgan fingerprint density at radius 2 is 2.00 bits per heavy atom. The highest BCUT2D eigenvalue weighted by Crippen LogP contribution is 2.39. The second-order valence-electron chi connectivity index (χ2n) is 7.45. The van der Waals surface area contributed by atoms with Crippen LogP contribution in [-0.2, 0) is 12.8 Å². The first-order valence-corrected chi connectivity index (χ1v) is 10.3. The van der Waals surface area contributed by atoms with Crippen LogP contribution in [0.15, 0.2) is 30.3 Å². The van der Waals surface area contributed by atoms with Gasteiger partial charge in [0.25, 0.3) is 11.8 Å². The van der Waals surface area contributed by atoms with Gasteiger partial charge in [-0.05, 0) is 61.9 Å². The van der Waals surface area contributed by atoms with Crippen molar-refractivity contribution in [1.29, 1.82) is 0 Å². The largest absolute Gasteiger partial charge is 0.355 e. The average molecular weight is 394 g/mol. The summed E-state index contributed by atoms with van der Waals surface area (Å²) in [6.07, 6.45) is 2.91. The van der Waals surface area contributed by atoms with E-state index in [1.54, 1.807) is 13.1 Å². The third kappa shape index (κ3) is 3.40. The minimum Gasteiger partial charge on any atom is -0.355 e. The number of thiophene rings is 1. The fourth-order valence-electron chi connectivity index (χ4n) is 3.75. The Labute approximate surface area is 168 Å². The minimum atomic E-state index is -0.209. The molecule has 0 spiro atoms. The van der Waals surface area contributed by atoms with E-state index in [9.17, 15) is 9.59 Å². The van der Waals surface area contributed by atoms with Crippen LogP contribution >= 0.6 is 11.3 Å². The van der Waals surface area contributed by atoms with E-state index in [0.29, 0.717) is 22.0 Å². The second-order valence-corrected chi connectivity index (χ2v) is 8.55. The molecule has 5 nitrogen and oxygen atoms in total. The number of nitrogens with one attached hydrogen (secondary N) is 2. The van der Waals surface area contributed by atoms with Gasteiger partial charge in [0.15, 0.2) is 0 Å². The Kier molecular flexibility index (Phi) is 4.89. The zero-order chi connectivity index (χ0) is 19.8. The number of hydrogen-bond donors (Lipinski definition) is 2. The van der Waals surface area contributed by atoms with E-state index in [1.807, 2.05) is 31.2 Å². The number of aromatic nitrogens is 1. The van der Waals surface area contributed by atoms with Crippen LogP contribution in [0.5, 0.6) is 0 Å². The van der Waals surface area contributed by atoms with Gasteiger partial charge in [-0.25, -0.2) is 0 Å². The molecule has 28 heavy (non-hydrogen) atoms. The van der Waals surface area contributed by atoms with Crippen molar-refractivity contribution in [3.63, 3.8) is 0 Å². The van der Waals surface area contributed by atoms with E-state index in [4.69, 9.17) is 0 Å². The minimum absolute atomic E-state index is 0.138. The van der Waals surface area contributed by atoms with Crippen LogP contribution in [0.2, 0.25) is 0 Å². The van der Waals surface area contributed by atoms with Crippen LogP contribution < -0.4 is 10.6 Å². The summed E-state index contributed by atoms with van der Waals surface area (Å²) >= 11 is 1.53. The maximum Gasteiger partial charge on any atom is 0.256 e. The summed E-state index contributed by atoms with van der Waals surface area (Å²) in [5.74, 6) is 0.253. The lowest BCUT2D eigenvalue weighted by Gasteiger charge is -2.18. The summed E-state index contributed by atoms with van der Waals surface area (Å²) in [4.78, 5) is 31.1. The quantitative estimate of drug-likeness (QED) is 0.695. The molecule has 2 amide bonds. The SMILES string of the molecule is CNC(=O)c1c(NC(=O)c2ccc3nc(C)ccc3c2)sc2c1CC[C@@H](C)C2. The van der Waals surface area contributed by atoms with Gasteiger partial charge in [-0.2, -0.15) is 0 Å². The van der Waals surface area contributed by atoms with E-state index in [0.717, 1.165) is 41.4 Å². The molecule has 0 saturated heterocycles. The zero-order valence-electron chi connectivity index (χ0n) is 16.3. The Morgan fingerprint density at radius 1 is 1.18 bits per heavy atom. The van der Waals surface area contributed by atoms with Crippen molar-refractivity contribution in [2.45, 2.75) is 33.1 Å². The van der Waals surface area contributed by atoms with Gasteiger partial charge in [-0.15, -0.1) is 11.3 Å². The van der Waals surface area contributed by atoms with E-state index in [1.165, 1.54) is 16.2 Å². The van der Waals surface area contributed by atoms with Crippen LogP contribution in [0.3, 0.4) is 0 Å². The molecule has 3 aromatic rings. The summed E-state index contributed by atoms with van der Waals surface area (Å²) in [5, 5.41) is 7.27. The summed E-state index contributed by atoms with van der Waals surface area (Å²) in [6.45, 7) is 4.17. The van der Waals surface area contributed by atoms with Crippen LogP contribution in [0.4, 0.5) is 5.00 Å². The molecule has 0 radical (unpaired) electrons. The third-order valence-electron chi connectivity index (χ3n) is 5.28. The highest BCUT2D eigenvalue weighted by Gasteiger charge is 2.28. The molecule has 4 rings (SSSR count). The highest BCUT2D eigenvalue weighted by molar-refractivity contribution is 7.17. The number of nitrogens with zero attached hydrogens (tertiary/aromatic N) is 1. The van der Waals surface area contributed by atoms with E-state index in [2.05, 4.69) is 22.5 Å². The highest BCUT2D eigenvalue weighted by atomic mass is 32.1. The predicted octanol–water partition coefficient (Wildman–Crippen LogP) is 4.34. The number of rotatable bonds is 3. The van der Waals surface area contributed by atoms with Gasteiger partial charge in [-0.3, -0.25) is 14.6 Å². The van der Waals surface area contributed by atoms with Gasteiger partial charge in [0.1, 0.15) is 5.00 Å². The molecule has 6 heteroatoms. The maximum atomic E-state index is 12.9. The number of carbonyl (C=O) groups excluding carboxylic acids is 2. The standard InChI is InChI=1S/C22H23N3O2S/c1-12-4-8-16-18(10-12)28-22(19(16)21(27)23-3)25-20(26)15-7-9-17-14(11-15)6-5-13(2)24-17/h5-7,9,11-12H,4,8,10H2,1-3H3,(H,23,27)(H,25,26)/t12-/m1/s1. The molecule has 1 aliphatic rings. The molecule has 0 fully saturated rings. The number of aryl methyl sites for hydroxylation is 1. The van der Waals surface area contributed by atoms with Crippen molar-refractivity contribution >= 4 is 39.1 Å². The van der Waals surface area contributed by atoms with Crippen molar-refractivity contribution in [1.82, 2.24) is 10.3 Å². The molecule has 144 valence electrons. The van der Waals surface area contributed by atoms with Crippen molar-refractivity contribution in [2.75, 3.05) is 12.4 Å². The smallest absolute Gasteiger partial charge is 0.256 e. The molecule has 2 N–H and O–H groups in total. The molecule has 1 aliphatic carbocycles. The lowest BCUT2D eigenvalue weighted by molar-refractivity contribution is 0.0963. The predicted molar refractivity (Wildman–Crippen MR) is 113 cm³/mol.